The van der Waals surface area contributed by atoms with Gasteiger partial charge in [-0.25, -0.2) is 0 Å². The molecule has 2 heterocycles. The Balaban J connectivity index is 1.74. The standard InChI is InChI=1S/C18H16BrNO/c19-14-7-6-13-10-15-8-9-17(16(13)11-14)20(15)18(21)12-4-2-1-3-5-12/h1-7,11,15,17H,8-10H2/t15-,17+/m0/s1. The Morgan fingerprint density at radius 2 is 1.90 bits per heavy atom. The summed E-state index contributed by atoms with van der Waals surface area (Å²) in [7, 11) is 0. The van der Waals surface area contributed by atoms with E-state index in [-0.39, 0.29) is 11.9 Å². The summed E-state index contributed by atoms with van der Waals surface area (Å²) in [6.07, 6.45) is 3.17. The molecule has 3 heteroatoms. The van der Waals surface area contributed by atoms with Gasteiger partial charge in [0.15, 0.2) is 0 Å². The normalized spacial score (nSPS) is 23.0. The fraction of sp³-hybridized carbons (Fsp3) is 0.278. The van der Waals surface area contributed by atoms with Crippen LogP contribution in [0.1, 0.15) is 40.4 Å². The molecule has 2 nitrogen and oxygen atoms in total. The minimum Gasteiger partial charge on any atom is -0.328 e. The average Bonchev–Trinajstić information content (AvgIpc) is 2.84. The van der Waals surface area contributed by atoms with Crippen molar-refractivity contribution >= 4 is 21.8 Å². The highest BCUT2D eigenvalue weighted by atomic mass is 79.9. The molecule has 0 aromatic heterocycles. The van der Waals surface area contributed by atoms with Crippen molar-refractivity contribution in [3.05, 3.63) is 69.7 Å². The fourth-order valence-corrected chi connectivity index (χ4v) is 4.12. The van der Waals surface area contributed by atoms with Crippen LogP contribution in [0.25, 0.3) is 0 Å². The summed E-state index contributed by atoms with van der Waals surface area (Å²) in [5, 5.41) is 0. The van der Waals surface area contributed by atoms with Crippen LogP contribution in [0, 0.1) is 0 Å². The zero-order valence-electron chi connectivity index (χ0n) is 11.6. The number of hydrogen-bond acceptors (Lipinski definition) is 1. The Labute approximate surface area is 132 Å². The molecule has 2 aromatic rings. The van der Waals surface area contributed by atoms with E-state index in [0.717, 1.165) is 29.3 Å². The first kappa shape index (κ1) is 13.1. The Hall–Kier alpha value is -1.61. The molecule has 0 radical (unpaired) electrons. The van der Waals surface area contributed by atoms with Crippen molar-refractivity contribution in [3.63, 3.8) is 0 Å². The van der Waals surface area contributed by atoms with E-state index in [1.54, 1.807) is 0 Å². The van der Waals surface area contributed by atoms with Gasteiger partial charge in [0.05, 0.1) is 6.04 Å². The molecule has 0 aliphatic carbocycles. The molecule has 1 fully saturated rings. The molecule has 2 aliphatic rings. The number of halogens is 1. The summed E-state index contributed by atoms with van der Waals surface area (Å²) < 4.78 is 1.10. The van der Waals surface area contributed by atoms with Crippen molar-refractivity contribution in [2.24, 2.45) is 0 Å². The van der Waals surface area contributed by atoms with Crippen molar-refractivity contribution in [1.29, 1.82) is 0 Å². The molecule has 2 aromatic carbocycles. The van der Waals surface area contributed by atoms with E-state index in [1.807, 2.05) is 30.3 Å². The predicted octanol–water partition coefficient (Wildman–Crippen LogP) is 4.35. The maximum atomic E-state index is 12.9. The van der Waals surface area contributed by atoms with Gasteiger partial charge >= 0.3 is 0 Å². The Morgan fingerprint density at radius 3 is 2.71 bits per heavy atom. The quantitative estimate of drug-likeness (QED) is 0.754. The van der Waals surface area contributed by atoms with E-state index in [4.69, 9.17) is 0 Å². The van der Waals surface area contributed by atoms with Crippen LogP contribution in [0.4, 0.5) is 0 Å². The number of fused-ring (bicyclic) bond motifs is 4. The molecular weight excluding hydrogens is 326 g/mol. The number of amides is 1. The van der Waals surface area contributed by atoms with Gasteiger partial charge in [0, 0.05) is 16.1 Å². The highest BCUT2D eigenvalue weighted by Gasteiger charge is 2.42. The van der Waals surface area contributed by atoms with Gasteiger partial charge in [-0.05, 0) is 54.7 Å². The topological polar surface area (TPSA) is 20.3 Å². The molecule has 1 amide bonds. The third-order valence-corrected chi connectivity index (χ3v) is 5.17. The molecule has 2 aliphatic heterocycles. The van der Waals surface area contributed by atoms with Gasteiger partial charge in [-0.2, -0.15) is 0 Å². The third-order valence-electron chi connectivity index (χ3n) is 4.68. The van der Waals surface area contributed by atoms with E-state index in [0.29, 0.717) is 6.04 Å². The fourth-order valence-electron chi connectivity index (χ4n) is 3.74. The first-order valence-corrected chi connectivity index (χ1v) is 8.19. The van der Waals surface area contributed by atoms with E-state index in [2.05, 4.69) is 39.0 Å². The van der Waals surface area contributed by atoms with Gasteiger partial charge in [0.1, 0.15) is 0 Å². The molecule has 4 rings (SSSR count). The number of hydrogen-bond donors (Lipinski definition) is 0. The first-order valence-electron chi connectivity index (χ1n) is 7.40. The maximum Gasteiger partial charge on any atom is 0.254 e. The van der Waals surface area contributed by atoms with Crippen molar-refractivity contribution in [3.8, 4) is 0 Å². The summed E-state index contributed by atoms with van der Waals surface area (Å²) in [6, 6.07) is 16.7. The highest BCUT2D eigenvalue weighted by Crippen LogP contribution is 2.45. The number of carbonyl (C=O) groups is 1. The largest absolute Gasteiger partial charge is 0.328 e. The first-order chi connectivity index (χ1) is 10.2. The molecule has 1 saturated heterocycles. The molecule has 0 N–H and O–H groups in total. The maximum absolute atomic E-state index is 12.9. The van der Waals surface area contributed by atoms with E-state index < -0.39 is 0 Å². The van der Waals surface area contributed by atoms with Gasteiger partial charge in [-0.3, -0.25) is 4.79 Å². The minimum atomic E-state index is 0.175. The smallest absolute Gasteiger partial charge is 0.254 e. The molecule has 0 unspecified atom stereocenters. The average molecular weight is 342 g/mol. The van der Waals surface area contributed by atoms with E-state index >= 15 is 0 Å². The molecule has 0 spiro atoms. The highest BCUT2D eigenvalue weighted by molar-refractivity contribution is 9.10. The number of carbonyl (C=O) groups excluding carboxylic acids is 1. The lowest BCUT2D eigenvalue weighted by molar-refractivity contribution is 0.0646. The van der Waals surface area contributed by atoms with Crippen LogP contribution >= 0.6 is 15.9 Å². The molecule has 2 atom stereocenters. The lowest BCUT2D eigenvalue weighted by Crippen LogP contribution is -2.41. The Kier molecular flexibility index (Phi) is 3.11. The van der Waals surface area contributed by atoms with Gasteiger partial charge in [0.2, 0.25) is 0 Å². The second-order valence-corrected chi connectivity index (χ2v) is 6.79. The summed E-state index contributed by atoms with van der Waals surface area (Å²) in [4.78, 5) is 15.0. The second-order valence-electron chi connectivity index (χ2n) is 5.87. The number of nitrogens with zero attached hydrogens (tertiary/aromatic N) is 1. The molecular formula is C18H16BrNO. The monoisotopic (exact) mass is 341 g/mol. The lowest BCUT2D eigenvalue weighted by Gasteiger charge is -2.36. The second kappa shape index (κ2) is 4.99. The van der Waals surface area contributed by atoms with Crippen molar-refractivity contribution < 1.29 is 4.79 Å². The van der Waals surface area contributed by atoms with E-state index in [9.17, 15) is 4.79 Å². The number of benzene rings is 2. The zero-order valence-corrected chi connectivity index (χ0v) is 13.2. The third kappa shape index (κ3) is 2.11. The zero-order chi connectivity index (χ0) is 14.4. The SMILES string of the molecule is O=C(c1ccccc1)N1[C@H]2CC[C@@H]1c1cc(Br)ccc1C2. The van der Waals surface area contributed by atoms with E-state index in [1.165, 1.54) is 11.1 Å². The van der Waals surface area contributed by atoms with Crippen molar-refractivity contribution in [2.75, 3.05) is 0 Å². The minimum absolute atomic E-state index is 0.175. The van der Waals surface area contributed by atoms with Crippen molar-refractivity contribution in [1.82, 2.24) is 4.90 Å². The van der Waals surface area contributed by atoms with Crippen LogP contribution in [-0.4, -0.2) is 16.8 Å². The van der Waals surface area contributed by atoms with Crippen LogP contribution < -0.4 is 0 Å². The Morgan fingerprint density at radius 1 is 1.10 bits per heavy atom. The number of rotatable bonds is 1. The predicted molar refractivity (Wildman–Crippen MR) is 86.2 cm³/mol. The Bertz CT molecular complexity index is 698. The molecule has 106 valence electrons. The van der Waals surface area contributed by atoms with Crippen LogP contribution in [-0.2, 0) is 6.42 Å². The van der Waals surface area contributed by atoms with Gasteiger partial charge in [0.25, 0.3) is 5.91 Å². The molecule has 21 heavy (non-hydrogen) atoms. The summed E-state index contributed by atoms with van der Waals surface area (Å²) in [5.74, 6) is 0.175. The summed E-state index contributed by atoms with van der Waals surface area (Å²) >= 11 is 3.56. The lowest BCUT2D eigenvalue weighted by atomic mass is 9.92. The summed E-state index contributed by atoms with van der Waals surface area (Å²) in [6.45, 7) is 0. The molecule has 0 saturated carbocycles. The van der Waals surface area contributed by atoms with Crippen LogP contribution in [0.3, 0.4) is 0 Å². The van der Waals surface area contributed by atoms with Gasteiger partial charge in [-0.15, -0.1) is 0 Å². The van der Waals surface area contributed by atoms with Gasteiger partial charge < -0.3 is 4.90 Å². The summed E-state index contributed by atoms with van der Waals surface area (Å²) in [5.41, 5.74) is 3.53. The van der Waals surface area contributed by atoms with Gasteiger partial charge in [-0.1, -0.05) is 40.2 Å². The van der Waals surface area contributed by atoms with Crippen LogP contribution in [0.5, 0.6) is 0 Å². The van der Waals surface area contributed by atoms with Crippen LogP contribution in [0.2, 0.25) is 0 Å². The van der Waals surface area contributed by atoms with Crippen LogP contribution in [0.15, 0.2) is 53.0 Å². The molecule has 2 bridgehead atoms. The van der Waals surface area contributed by atoms with Crippen molar-refractivity contribution in [2.45, 2.75) is 31.3 Å².